The highest BCUT2D eigenvalue weighted by atomic mass is 19.2. The maximum atomic E-state index is 13.9. The lowest BCUT2D eigenvalue weighted by molar-refractivity contribution is 0.0726. The Morgan fingerprint density at radius 3 is 2.23 bits per heavy atom. The lowest BCUT2D eigenvalue weighted by Crippen LogP contribution is -2.11. The van der Waals surface area contributed by atoms with Gasteiger partial charge in [0.2, 0.25) is 5.82 Å². The topological polar surface area (TPSA) is 26.3 Å². The van der Waals surface area contributed by atoms with Crippen molar-refractivity contribution in [3.8, 4) is 16.9 Å². The van der Waals surface area contributed by atoms with Gasteiger partial charge in [-0.2, -0.15) is 4.39 Å². The van der Waals surface area contributed by atoms with E-state index in [1.807, 2.05) is 12.1 Å². The third-order valence-electron chi connectivity index (χ3n) is 4.68. The minimum Gasteiger partial charge on any atom is -0.420 e. The number of rotatable bonds is 3. The number of halogens is 2. The Labute approximate surface area is 150 Å². The van der Waals surface area contributed by atoms with Gasteiger partial charge in [0, 0.05) is 0 Å². The van der Waals surface area contributed by atoms with Crippen LogP contribution in [0.5, 0.6) is 5.75 Å². The summed E-state index contributed by atoms with van der Waals surface area (Å²) in [6, 6.07) is 13.9. The number of benzene rings is 3. The molecule has 2 aliphatic carbocycles. The molecular weight excluding hydrogens is 334 g/mol. The van der Waals surface area contributed by atoms with Crippen LogP contribution in [0.1, 0.15) is 32.6 Å². The van der Waals surface area contributed by atoms with Crippen molar-refractivity contribution in [2.24, 2.45) is 0 Å². The molecule has 2 bridgehead atoms. The van der Waals surface area contributed by atoms with E-state index < -0.39 is 23.4 Å². The molecule has 0 heterocycles. The van der Waals surface area contributed by atoms with Gasteiger partial charge in [-0.25, -0.2) is 9.18 Å². The van der Waals surface area contributed by atoms with E-state index >= 15 is 0 Å². The normalized spacial score (nSPS) is 11.8. The Balaban J connectivity index is 1.56. The van der Waals surface area contributed by atoms with Crippen molar-refractivity contribution in [2.75, 3.05) is 0 Å². The molecule has 0 amide bonds. The molecule has 0 N–H and O–H groups in total. The second kappa shape index (κ2) is 6.06. The summed E-state index contributed by atoms with van der Waals surface area (Å²) >= 11 is 0. The van der Waals surface area contributed by atoms with E-state index in [4.69, 9.17) is 4.74 Å². The first-order valence-electron chi connectivity index (χ1n) is 8.33. The standard InChI is InChI=1S/C22H16F2O2/c1-12-9-16-11-17(10-12)19(16)14-4-6-15(7-5-14)22(25)26-18-8-3-13(2)20(23)21(18)24/h3-10H,11H2,1-2H3. The fourth-order valence-corrected chi connectivity index (χ4v) is 3.33. The molecule has 0 saturated heterocycles. The number of hydrogen-bond donors (Lipinski definition) is 0. The van der Waals surface area contributed by atoms with Gasteiger partial charge >= 0.3 is 5.97 Å². The molecule has 4 heteroatoms. The summed E-state index contributed by atoms with van der Waals surface area (Å²) in [6.07, 6.45) is 0.981. The minimum atomic E-state index is -1.15. The van der Waals surface area contributed by atoms with Crippen LogP contribution in [0, 0.1) is 25.5 Å². The highest BCUT2D eigenvalue weighted by Gasteiger charge is 2.22. The summed E-state index contributed by atoms with van der Waals surface area (Å²) < 4.78 is 32.5. The van der Waals surface area contributed by atoms with Gasteiger partial charge in [0.05, 0.1) is 5.56 Å². The molecule has 5 rings (SSSR count). The Kier molecular flexibility index (Phi) is 3.83. The van der Waals surface area contributed by atoms with Gasteiger partial charge in [0.1, 0.15) is 0 Å². The van der Waals surface area contributed by atoms with Crippen LogP contribution in [0.3, 0.4) is 0 Å². The molecule has 2 nitrogen and oxygen atoms in total. The number of hydrogen-bond acceptors (Lipinski definition) is 2. The highest BCUT2D eigenvalue weighted by Crippen LogP contribution is 2.39. The Morgan fingerprint density at radius 1 is 0.923 bits per heavy atom. The molecule has 2 aliphatic rings. The summed E-state index contributed by atoms with van der Waals surface area (Å²) in [5.41, 5.74) is 6.53. The predicted molar refractivity (Wildman–Crippen MR) is 95.5 cm³/mol. The Bertz CT molecular complexity index is 1010. The van der Waals surface area contributed by atoms with Crippen molar-refractivity contribution in [1.29, 1.82) is 0 Å². The van der Waals surface area contributed by atoms with E-state index in [2.05, 4.69) is 19.1 Å². The molecule has 26 heavy (non-hydrogen) atoms. The van der Waals surface area contributed by atoms with Gasteiger partial charge in [-0.3, -0.25) is 0 Å². The van der Waals surface area contributed by atoms with E-state index in [1.165, 1.54) is 41.3 Å². The van der Waals surface area contributed by atoms with Crippen LogP contribution in [0.4, 0.5) is 8.78 Å². The van der Waals surface area contributed by atoms with E-state index in [-0.39, 0.29) is 11.1 Å². The molecule has 0 unspecified atom stereocenters. The smallest absolute Gasteiger partial charge is 0.343 e. The van der Waals surface area contributed by atoms with Crippen LogP contribution in [0.25, 0.3) is 11.1 Å². The van der Waals surface area contributed by atoms with Crippen LogP contribution < -0.4 is 4.74 Å². The van der Waals surface area contributed by atoms with E-state index in [0.717, 1.165) is 12.0 Å². The zero-order valence-electron chi connectivity index (χ0n) is 14.4. The zero-order chi connectivity index (χ0) is 18.4. The zero-order valence-corrected chi connectivity index (χ0v) is 14.4. The molecule has 3 aromatic carbocycles. The quantitative estimate of drug-likeness (QED) is 0.367. The number of carbonyl (C=O) groups excluding carboxylic acids is 1. The van der Waals surface area contributed by atoms with Crippen molar-refractivity contribution in [1.82, 2.24) is 0 Å². The van der Waals surface area contributed by atoms with Gasteiger partial charge < -0.3 is 4.74 Å². The van der Waals surface area contributed by atoms with E-state index in [0.29, 0.717) is 0 Å². The lowest BCUT2D eigenvalue weighted by Gasteiger charge is -2.25. The van der Waals surface area contributed by atoms with Crippen molar-refractivity contribution in [3.63, 3.8) is 0 Å². The van der Waals surface area contributed by atoms with E-state index in [1.54, 1.807) is 12.1 Å². The number of aryl methyl sites for hydroxylation is 2. The maximum Gasteiger partial charge on any atom is 0.343 e. The average Bonchev–Trinajstić information content (AvgIpc) is 2.62. The third kappa shape index (κ3) is 2.68. The Morgan fingerprint density at radius 2 is 1.58 bits per heavy atom. The monoisotopic (exact) mass is 350 g/mol. The third-order valence-corrected chi connectivity index (χ3v) is 4.68. The second-order valence-corrected chi connectivity index (χ2v) is 6.61. The molecule has 0 spiro atoms. The molecule has 3 aromatic rings. The van der Waals surface area contributed by atoms with Crippen LogP contribution in [0.15, 0.2) is 48.5 Å². The van der Waals surface area contributed by atoms with Crippen LogP contribution >= 0.6 is 0 Å². The van der Waals surface area contributed by atoms with Crippen LogP contribution in [0.2, 0.25) is 0 Å². The number of fused-ring (bicyclic) bond motifs is 2. The number of ether oxygens (including phenoxy) is 1. The number of esters is 1. The van der Waals surface area contributed by atoms with Crippen LogP contribution in [-0.4, -0.2) is 5.97 Å². The first kappa shape index (κ1) is 16.5. The van der Waals surface area contributed by atoms with Gasteiger partial charge in [0.25, 0.3) is 0 Å². The van der Waals surface area contributed by atoms with Crippen LogP contribution in [-0.2, 0) is 6.42 Å². The SMILES string of the molecule is CC1=CC2=C(c3ccc(C(=O)Oc4ccc(C)c(F)c4F)cc3)C(=C1)C2. The Hall–Kier alpha value is -3.01. The van der Waals surface area contributed by atoms with Gasteiger partial charge in [-0.15, -0.1) is 0 Å². The second-order valence-electron chi connectivity index (χ2n) is 6.61. The van der Waals surface area contributed by atoms with Crippen molar-refractivity contribution < 1.29 is 18.3 Å². The summed E-state index contributed by atoms with van der Waals surface area (Å²) in [5.74, 6) is -3.29. The van der Waals surface area contributed by atoms with Gasteiger partial charge in [-0.1, -0.05) is 35.9 Å². The predicted octanol–water partition coefficient (Wildman–Crippen LogP) is 5.37. The summed E-state index contributed by atoms with van der Waals surface area (Å²) in [7, 11) is 0. The summed E-state index contributed by atoms with van der Waals surface area (Å²) in [6.45, 7) is 3.52. The molecule has 0 saturated carbocycles. The fourth-order valence-electron chi connectivity index (χ4n) is 3.33. The van der Waals surface area contributed by atoms with E-state index in [9.17, 15) is 13.6 Å². The average molecular weight is 350 g/mol. The first-order chi connectivity index (χ1) is 12.4. The van der Waals surface area contributed by atoms with Crippen molar-refractivity contribution >= 4 is 5.97 Å². The summed E-state index contributed by atoms with van der Waals surface area (Å²) in [5, 5.41) is 0. The minimum absolute atomic E-state index is 0.158. The molecule has 130 valence electrons. The molecule has 0 aromatic heterocycles. The highest BCUT2D eigenvalue weighted by molar-refractivity contribution is 5.92. The molecule has 0 atom stereocenters. The van der Waals surface area contributed by atoms with Gasteiger partial charge in [-0.05, 0) is 66.3 Å². The maximum absolute atomic E-state index is 13.9. The summed E-state index contributed by atoms with van der Waals surface area (Å²) in [4.78, 5) is 12.2. The molecule has 0 fully saturated rings. The van der Waals surface area contributed by atoms with Gasteiger partial charge in [0.15, 0.2) is 11.6 Å². The molecule has 0 aliphatic heterocycles. The van der Waals surface area contributed by atoms with Crippen molar-refractivity contribution in [3.05, 3.63) is 88.0 Å². The number of carbonyl (C=O) groups is 1. The molecule has 0 radical (unpaired) electrons. The largest absolute Gasteiger partial charge is 0.420 e. The van der Waals surface area contributed by atoms with Crippen molar-refractivity contribution in [2.45, 2.75) is 20.3 Å². The fraction of sp³-hybridized carbons (Fsp3) is 0.136. The first-order valence-corrected chi connectivity index (χ1v) is 8.33. The lowest BCUT2D eigenvalue weighted by atomic mass is 9.79. The molecular formula is C22H16F2O2.